The monoisotopic (exact) mass is 702 g/mol. The average Bonchev–Trinajstić information content (AvgIpc) is 3.63. The normalized spacial score (nSPS) is 13.0. The Morgan fingerprint density at radius 1 is 1.02 bits per heavy atom. The fourth-order valence-corrected chi connectivity index (χ4v) is 4.19. The number of benzene rings is 2. The van der Waals surface area contributed by atoms with E-state index in [4.69, 9.17) is 6.57 Å². The fraction of sp³-hybridized carbons (Fsp3) is 0.323. The molecule has 0 saturated heterocycles. The number of nitrogens with one attached hydrogen (secondary N) is 1. The Hall–Kier alpha value is -4.65. The number of nitrogens with zero attached hydrogens (tertiary/aromatic N) is 5. The van der Waals surface area contributed by atoms with Crippen molar-refractivity contribution in [2.24, 2.45) is 0 Å². The lowest BCUT2D eigenvalue weighted by Gasteiger charge is -2.21. The number of nitro groups is 1. The first-order valence-electron chi connectivity index (χ1n) is 13.6. The Morgan fingerprint density at radius 2 is 1.61 bits per heavy atom. The van der Waals surface area contributed by atoms with Crippen molar-refractivity contribution >= 4 is 38.9 Å². The topological polar surface area (TPSA) is 169 Å². The van der Waals surface area contributed by atoms with Crippen LogP contribution in [0.5, 0.6) is 0 Å². The number of hydrogen-bond acceptors (Lipinski definition) is 8. The molecule has 0 spiro atoms. The third-order valence-corrected chi connectivity index (χ3v) is 7.66. The largest absolute Gasteiger partial charge is 0.381 e. The highest BCUT2D eigenvalue weighted by Gasteiger charge is 2.31. The highest BCUT2D eigenvalue weighted by atomic mass is 79.9. The van der Waals surface area contributed by atoms with Gasteiger partial charge < -0.3 is 10.2 Å². The number of carbonyl (C=O) groups is 2. The number of H-pyrrole nitrogens is 1. The molecule has 0 fully saturated rings. The van der Waals surface area contributed by atoms with Crippen LogP contribution in [-0.4, -0.2) is 63.2 Å². The molecule has 0 aliphatic heterocycles. The van der Waals surface area contributed by atoms with Crippen molar-refractivity contribution in [1.29, 1.82) is 0 Å². The maximum atomic E-state index is 12.9. The van der Waals surface area contributed by atoms with Crippen molar-refractivity contribution in [2.45, 2.75) is 58.3 Å². The molecular formula is C31H33BrF2N6O6. The highest BCUT2D eigenvalue weighted by molar-refractivity contribution is 9.09. The standard InChI is InChI=1S/C16H16FN3O2.C12H14BrNO4.C3H3FN2/c1-11-6-12(4-5-14(11)18-3)7-15(21)16(2,22)10-20-9-13(17)8-19-20;1-8-5-9(3-4-10(8)14(17)18)6-11(15)12(2,16)7-13;4-3-1-5-6-2-3/h4-6,8-9,22H,7,10H2,1-2H3;3-5,16H,6-7H2,1-2H3;1-2H,(H,5,6)/t16-;12-;/m00./s1. The summed E-state index contributed by atoms with van der Waals surface area (Å²) in [4.78, 5) is 37.6. The second-order valence-electron chi connectivity index (χ2n) is 10.8. The lowest BCUT2D eigenvalue weighted by Crippen LogP contribution is -2.40. The van der Waals surface area contributed by atoms with Gasteiger partial charge in [-0.25, -0.2) is 13.6 Å². The van der Waals surface area contributed by atoms with E-state index in [-0.39, 0.29) is 42.0 Å². The number of halogens is 3. The predicted octanol–water partition coefficient (Wildman–Crippen LogP) is 5.15. The molecule has 0 saturated carbocycles. The third kappa shape index (κ3) is 11.4. The number of aryl methyl sites for hydroxylation is 2. The van der Waals surface area contributed by atoms with Gasteiger partial charge in [-0.3, -0.25) is 29.5 Å². The van der Waals surface area contributed by atoms with E-state index in [1.165, 1.54) is 36.9 Å². The number of aliphatic hydroxyl groups is 2. The Balaban J connectivity index is 0.000000274. The number of aromatic nitrogens is 4. The van der Waals surface area contributed by atoms with Gasteiger partial charge >= 0.3 is 0 Å². The number of ketones is 2. The number of rotatable bonds is 10. The molecule has 15 heteroatoms. The van der Waals surface area contributed by atoms with Gasteiger partial charge in [-0.05, 0) is 50.5 Å². The average molecular weight is 704 g/mol. The second-order valence-corrected chi connectivity index (χ2v) is 11.3. The highest BCUT2D eigenvalue weighted by Crippen LogP contribution is 2.22. The van der Waals surface area contributed by atoms with Crippen molar-refractivity contribution in [2.75, 3.05) is 5.33 Å². The van der Waals surface area contributed by atoms with E-state index in [1.54, 1.807) is 38.1 Å². The quantitative estimate of drug-likeness (QED) is 0.0882. The first kappa shape index (κ1) is 37.5. The molecule has 244 valence electrons. The van der Waals surface area contributed by atoms with E-state index in [0.29, 0.717) is 16.8 Å². The molecule has 0 bridgehead atoms. The van der Waals surface area contributed by atoms with Crippen LogP contribution < -0.4 is 0 Å². The number of alkyl halides is 1. The van der Waals surface area contributed by atoms with Gasteiger partial charge in [-0.15, -0.1) is 0 Å². The molecular weight excluding hydrogens is 670 g/mol. The van der Waals surface area contributed by atoms with Crippen LogP contribution >= 0.6 is 15.9 Å². The van der Waals surface area contributed by atoms with Crippen LogP contribution in [0.3, 0.4) is 0 Å². The molecule has 0 unspecified atom stereocenters. The van der Waals surface area contributed by atoms with E-state index < -0.39 is 27.7 Å². The Labute approximate surface area is 272 Å². The van der Waals surface area contributed by atoms with Gasteiger partial charge in [0.2, 0.25) is 0 Å². The minimum absolute atomic E-state index is 0.0263. The summed E-state index contributed by atoms with van der Waals surface area (Å²) in [7, 11) is 0. The van der Waals surface area contributed by atoms with Crippen LogP contribution in [0.25, 0.3) is 4.85 Å². The maximum Gasteiger partial charge on any atom is 0.272 e. The van der Waals surface area contributed by atoms with Crippen LogP contribution in [0.2, 0.25) is 0 Å². The van der Waals surface area contributed by atoms with Crippen molar-refractivity contribution < 1.29 is 33.5 Å². The van der Waals surface area contributed by atoms with E-state index in [1.807, 2.05) is 0 Å². The summed E-state index contributed by atoms with van der Waals surface area (Å²) in [5.74, 6) is -1.56. The summed E-state index contributed by atoms with van der Waals surface area (Å²) in [6.45, 7) is 13.1. The van der Waals surface area contributed by atoms with E-state index in [2.05, 4.69) is 36.1 Å². The number of carbonyl (C=O) groups excluding carboxylic acids is 2. The molecule has 46 heavy (non-hydrogen) atoms. The van der Waals surface area contributed by atoms with E-state index in [0.717, 1.165) is 29.7 Å². The molecule has 0 amide bonds. The van der Waals surface area contributed by atoms with Gasteiger partial charge in [0.1, 0.15) is 11.2 Å². The van der Waals surface area contributed by atoms with Crippen LogP contribution in [0.4, 0.5) is 20.2 Å². The molecule has 2 aromatic carbocycles. The predicted molar refractivity (Wildman–Crippen MR) is 168 cm³/mol. The minimum Gasteiger partial charge on any atom is -0.381 e. The van der Waals surface area contributed by atoms with Crippen LogP contribution in [-0.2, 0) is 29.0 Å². The summed E-state index contributed by atoms with van der Waals surface area (Å²) in [6.07, 6.45) is 4.52. The van der Waals surface area contributed by atoms with Gasteiger partial charge in [-0.1, -0.05) is 40.2 Å². The summed E-state index contributed by atoms with van der Waals surface area (Å²) in [5.41, 5.74) is 0.165. The Kier molecular flexibility index (Phi) is 13.5. The van der Waals surface area contributed by atoms with Gasteiger partial charge in [0.25, 0.3) is 5.69 Å². The molecule has 3 N–H and O–H groups in total. The van der Waals surface area contributed by atoms with Gasteiger partial charge in [0.15, 0.2) is 28.9 Å². The summed E-state index contributed by atoms with van der Waals surface area (Å²) >= 11 is 3.07. The Morgan fingerprint density at radius 3 is 2.02 bits per heavy atom. The molecule has 0 radical (unpaired) electrons. The van der Waals surface area contributed by atoms with Crippen LogP contribution in [0.1, 0.15) is 36.1 Å². The van der Waals surface area contributed by atoms with Crippen LogP contribution in [0, 0.1) is 42.2 Å². The first-order valence-corrected chi connectivity index (χ1v) is 14.7. The number of nitro benzene ring substituents is 1. The SMILES string of the molecule is Cc1cc(CC(=O)[C@@](C)(O)CBr)ccc1[N+](=O)[O-].Fc1cn[nH]c1.[C-]#[N+]c1ccc(CC(=O)[C@@](C)(O)Cn2cc(F)cn2)cc1C. The minimum atomic E-state index is -1.65. The van der Waals surface area contributed by atoms with Crippen molar-refractivity contribution in [3.05, 3.63) is 117 Å². The molecule has 2 aromatic heterocycles. The van der Waals surface area contributed by atoms with E-state index in [9.17, 15) is 38.7 Å². The smallest absolute Gasteiger partial charge is 0.272 e. The zero-order valence-corrected chi connectivity index (χ0v) is 27.1. The van der Waals surface area contributed by atoms with Gasteiger partial charge in [-0.2, -0.15) is 10.2 Å². The van der Waals surface area contributed by atoms with Gasteiger partial charge in [0, 0.05) is 29.8 Å². The summed E-state index contributed by atoms with van der Waals surface area (Å²) in [5, 5.41) is 40.2. The van der Waals surface area contributed by atoms with Crippen molar-refractivity contribution in [3.63, 3.8) is 0 Å². The summed E-state index contributed by atoms with van der Waals surface area (Å²) < 4.78 is 25.7. The van der Waals surface area contributed by atoms with Crippen molar-refractivity contribution in [3.8, 4) is 0 Å². The molecule has 4 aromatic rings. The molecule has 0 aliphatic rings. The number of aromatic amines is 1. The maximum absolute atomic E-state index is 12.9. The molecule has 4 rings (SSSR count). The number of hydrogen-bond donors (Lipinski definition) is 3. The lowest BCUT2D eigenvalue weighted by molar-refractivity contribution is -0.385. The molecule has 2 heterocycles. The fourth-order valence-electron chi connectivity index (χ4n) is 3.88. The van der Waals surface area contributed by atoms with Gasteiger partial charge in [0.05, 0.1) is 42.8 Å². The number of Topliss-reactive ketones (excluding diaryl/α,β-unsaturated/α-hetero) is 2. The van der Waals surface area contributed by atoms with E-state index >= 15 is 0 Å². The molecule has 0 aliphatic carbocycles. The van der Waals surface area contributed by atoms with Crippen molar-refractivity contribution in [1.82, 2.24) is 20.0 Å². The zero-order valence-electron chi connectivity index (χ0n) is 25.5. The molecule has 2 atom stereocenters. The Bertz CT molecular complexity index is 1700. The summed E-state index contributed by atoms with van der Waals surface area (Å²) in [6, 6.07) is 9.62. The first-order chi connectivity index (χ1) is 21.5. The lowest BCUT2D eigenvalue weighted by atomic mass is 9.94. The third-order valence-electron chi connectivity index (χ3n) is 6.57. The van der Waals surface area contributed by atoms with Crippen LogP contribution in [0.15, 0.2) is 61.2 Å². The molecule has 12 nitrogen and oxygen atoms in total. The zero-order chi connectivity index (χ0) is 34.7. The second kappa shape index (κ2) is 16.6.